The van der Waals surface area contributed by atoms with Crippen molar-refractivity contribution in [2.24, 2.45) is 0 Å². The molecule has 8 nitrogen and oxygen atoms in total. The average Bonchev–Trinajstić information content (AvgIpc) is 3.31. The molecule has 0 bridgehead atoms. The Hall–Kier alpha value is -4.29. The molecule has 9 heteroatoms. The summed E-state index contributed by atoms with van der Waals surface area (Å²) < 4.78 is 18.7. The molecule has 0 aliphatic heterocycles. The van der Waals surface area contributed by atoms with E-state index in [1.54, 1.807) is 19.2 Å². The molecule has 33 heavy (non-hydrogen) atoms. The zero-order chi connectivity index (χ0) is 23.2. The van der Waals surface area contributed by atoms with Gasteiger partial charge < -0.3 is 20.2 Å². The third kappa shape index (κ3) is 5.31. The number of halogens is 1. The van der Waals surface area contributed by atoms with Crippen LogP contribution in [0.15, 0.2) is 60.9 Å². The van der Waals surface area contributed by atoms with Crippen LogP contribution in [0.5, 0.6) is 5.75 Å². The number of methoxy groups -OCH3 is 1. The van der Waals surface area contributed by atoms with Crippen LogP contribution in [-0.4, -0.2) is 27.3 Å². The Labute approximate surface area is 190 Å². The van der Waals surface area contributed by atoms with Crippen molar-refractivity contribution >= 4 is 17.5 Å². The first kappa shape index (κ1) is 21.9. The van der Waals surface area contributed by atoms with Gasteiger partial charge >= 0.3 is 0 Å². The number of hydrogen-bond acceptors (Lipinski definition) is 6. The number of hydrogen-bond donors (Lipinski definition) is 3. The molecule has 2 aromatic carbocycles. The molecule has 0 saturated heterocycles. The maximum atomic E-state index is 13.1. The van der Waals surface area contributed by atoms with E-state index in [0.29, 0.717) is 23.9 Å². The Morgan fingerprint density at radius 1 is 1.09 bits per heavy atom. The largest absolute Gasteiger partial charge is 0.496 e. The second-order valence-corrected chi connectivity index (χ2v) is 7.35. The number of rotatable bonds is 8. The minimum atomic E-state index is -0.241. The summed E-state index contributed by atoms with van der Waals surface area (Å²) in [5.74, 6) is 1.75. The highest BCUT2D eigenvalue weighted by atomic mass is 19.1. The zero-order valence-corrected chi connectivity index (χ0v) is 18.1. The van der Waals surface area contributed by atoms with E-state index in [2.05, 4.69) is 35.6 Å². The molecular formula is C24H22FN7O. The lowest BCUT2D eigenvalue weighted by molar-refractivity contribution is 0.415. The molecule has 0 radical (unpaired) electrons. The number of nitrogens with one attached hydrogen (secondary N) is 3. The van der Waals surface area contributed by atoms with E-state index in [0.717, 1.165) is 22.4 Å². The van der Waals surface area contributed by atoms with Gasteiger partial charge in [0.25, 0.3) is 5.82 Å². The second kappa shape index (κ2) is 9.89. The van der Waals surface area contributed by atoms with Crippen molar-refractivity contribution in [1.82, 2.24) is 25.5 Å². The Morgan fingerprint density at radius 2 is 1.91 bits per heavy atom. The predicted molar refractivity (Wildman–Crippen MR) is 124 cm³/mol. The molecule has 0 unspecified atom stereocenters. The first-order chi connectivity index (χ1) is 16.1. The van der Waals surface area contributed by atoms with Crippen molar-refractivity contribution in [3.63, 3.8) is 0 Å². The summed E-state index contributed by atoms with van der Waals surface area (Å²) >= 11 is 0. The van der Waals surface area contributed by atoms with Crippen LogP contribution < -0.4 is 15.4 Å². The topological polar surface area (TPSA) is 92.1 Å². The average molecular weight is 443 g/mol. The van der Waals surface area contributed by atoms with Crippen molar-refractivity contribution in [2.45, 2.75) is 19.5 Å². The Kier molecular flexibility index (Phi) is 6.57. The lowest BCUT2D eigenvalue weighted by atomic mass is 10.1. The van der Waals surface area contributed by atoms with E-state index in [4.69, 9.17) is 11.3 Å². The number of aromatic amines is 1. The number of nitrogens with zero attached hydrogens (tertiary/aromatic N) is 4. The Morgan fingerprint density at radius 3 is 2.61 bits per heavy atom. The summed E-state index contributed by atoms with van der Waals surface area (Å²) in [6.45, 7) is 9.61. The van der Waals surface area contributed by atoms with Gasteiger partial charge in [0.1, 0.15) is 11.6 Å². The molecule has 3 N–H and O–H groups in total. The van der Waals surface area contributed by atoms with Crippen LogP contribution in [0.1, 0.15) is 24.1 Å². The summed E-state index contributed by atoms with van der Waals surface area (Å²) in [4.78, 5) is 11.4. The minimum absolute atomic E-state index is 0.0736. The molecule has 0 amide bonds. The van der Waals surface area contributed by atoms with Gasteiger partial charge in [-0.15, -0.1) is 4.98 Å². The van der Waals surface area contributed by atoms with Gasteiger partial charge in [-0.05, 0) is 42.3 Å². The van der Waals surface area contributed by atoms with Crippen LogP contribution >= 0.6 is 0 Å². The standard InChI is InChI=1S/C24H22FN7O/c1-15(17-5-7-18(25)8-6-17)27-12-16-4-9-19(21(10-16)33-3)20-11-22(32-31-20)30-24-14-28-23(26-2)13-29-24/h4-11,13-15,27H,12H2,1,3H3,(H2,29,30,31,32)/t15-/m1/s1. The quantitative estimate of drug-likeness (QED) is 0.326. The number of ether oxygens (including phenoxy) is 1. The fourth-order valence-corrected chi connectivity index (χ4v) is 3.31. The number of anilines is 2. The minimum Gasteiger partial charge on any atom is -0.496 e. The zero-order valence-electron chi connectivity index (χ0n) is 18.1. The molecule has 2 aromatic heterocycles. The fraction of sp³-hybridized carbons (Fsp3) is 0.167. The summed E-state index contributed by atoms with van der Waals surface area (Å²) in [5.41, 5.74) is 3.71. The normalized spacial score (nSPS) is 11.6. The summed E-state index contributed by atoms with van der Waals surface area (Å²) in [6.07, 6.45) is 2.88. The molecule has 0 aliphatic rings. The van der Waals surface area contributed by atoms with Gasteiger partial charge in [0.2, 0.25) is 0 Å². The highest BCUT2D eigenvalue weighted by Gasteiger charge is 2.12. The Bertz CT molecular complexity index is 1260. The van der Waals surface area contributed by atoms with Crippen molar-refractivity contribution in [3.8, 4) is 17.0 Å². The van der Waals surface area contributed by atoms with Crippen LogP contribution in [-0.2, 0) is 6.54 Å². The van der Waals surface area contributed by atoms with Crippen LogP contribution in [0.25, 0.3) is 16.1 Å². The summed E-state index contributed by atoms with van der Waals surface area (Å²) in [6, 6.07) is 14.4. The van der Waals surface area contributed by atoms with Crippen molar-refractivity contribution in [3.05, 3.63) is 89.3 Å². The molecule has 0 spiro atoms. The number of aromatic nitrogens is 4. The molecule has 1 atom stereocenters. The highest BCUT2D eigenvalue weighted by molar-refractivity contribution is 5.71. The number of H-pyrrole nitrogens is 1. The first-order valence-corrected chi connectivity index (χ1v) is 10.2. The van der Waals surface area contributed by atoms with Crippen LogP contribution in [0.2, 0.25) is 0 Å². The van der Waals surface area contributed by atoms with E-state index >= 15 is 0 Å². The van der Waals surface area contributed by atoms with Crippen LogP contribution in [0, 0.1) is 12.4 Å². The van der Waals surface area contributed by atoms with Gasteiger partial charge in [-0.3, -0.25) is 5.10 Å². The van der Waals surface area contributed by atoms with E-state index in [1.807, 2.05) is 31.2 Å². The van der Waals surface area contributed by atoms with Gasteiger partial charge in [0.15, 0.2) is 17.8 Å². The van der Waals surface area contributed by atoms with E-state index in [1.165, 1.54) is 24.5 Å². The monoisotopic (exact) mass is 443 g/mol. The molecule has 4 rings (SSSR count). The fourth-order valence-electron chi connectivity index (χ4n) is 3.31. The number of benzene rings is 2. The Balaban J connectivity index is 1.44. The van der Waals surface area contributed by atoms with Crippen LogP contribution in [0.3, 0.4) is 0 Å². The van der Waals surface area contributed by atoms with Crippen molar-refractivity contribution in [2.75, 3.05) is 12.4 Å². The highest BCUT2D eigenvalue weighted by Crippen LogP contribution is 2.31. The van der Waals surface area contributed by atoms with Gasteiger partial charge in [0.05, 0.1) is 19.0 Å². The molecule has 0 fully saturated rings. The predicted octanol–water partition coefficient (Wildman–Crippen LogP) is 5.16. The van der Waals surface area contributed by atoms with E-state index < -0.39 is 0 Å². The lowest BCUT2D eigenvalue weighted by Crippen LogP contribution is -2.18. The van der Waals surface area contributed by atoms with Crippen LogP contribution in [0.4, 0.5) is 21.8 Å². The maximum absolute atomic E-state index is 13.1. The van der Waals surface area contributed by atoms with E-state index in [-0.39, 0.29) is 17.7 Å². The molecule has 0 saturated carbocycles. The van der Waals surface area contributed by atoms with Gasteiger partial charge in [-0.2, -0.15) is 5.10 Å². The molecule has 0 aliphatic carbocycles. The smallest absolute Gasteiger partial charge is 0.288 e. The third-order valence-electron chi connectivity index (χ3n) is 5.13. The lowest BCUT2D eigenvalue weighted by Gasteiger charge is -2.15. The molecule has 166 valence electrons. The van der Waals surface area contributed by atoms with Gasteiger partial charge in [0, 0.05) is 24.2 Å². The van der Waals surface area contributed by atoms with Gasteiger partial charge in [-0.25, -0.2) is 9.37 Å². The van der Waals surface area contributed by atoms with Crippen molar-refractivity contribution in [1.29, 1.82) is 0 Å². The maximum Gasteiger partial charge on any atom is 0.288 e. The first-order valence-electron chi connectivity index (χ1n) is 10.2. The summed E-state index contributed by atoms with van der Waals surface area (Å²) in [7, 11) is 1.63. The second-order valence-electron chi connectivity index (χ2n) is 7.35. The molecule has 2 heterocycles. The van der Waals surface area contributed by atoms with Gasteiger partial charge in [-0.1, -0.05) is 24.8 Å². The summed E-state index contributed by atoms with van der Waals surface area (Å²) in [5, 5.41) is 13.8. The van der Waals surface area contributed by atoms with E-state index in [9.17, 15) is 4.39 Å². The third-order valence-corrected chi connectivity index (χ3v) is 5.13. The molecule has 4 aromatic rings. The SMILES string of the molecule is [C-]#[N+]c1cnc(Nc2cc(-c3ccc(CN[C@H](C)c4ccc(F)cc4)cc3OC)[nH]n2)cn1. The molecular weight excluding hydrogens is 421 g/mol. The van der Waals surface area contributed by atoms with Crippen molar-refractivity contribution < 1.29 is 9.13 Å².